The molecule has 1 amide bonds. The van der Waals surface area contributed by atoms with Crippen LogP contribution in [0.1, 0.15) is 17.7 Å². The second-order valence-corrected chi connectivity index (χ2v) is 5.54. The van der Waals surface area contributed by atoms with Gasteiger partial charge in [-0.05, 0) is 24.5 Å². The number of hydrogen-bond acceptors (Lipinski definition) is 4. The van der Waals surface area contributed by atoms with Gasteiger partial charge in [0.25, 0.3) is 0 Å². The fourth-order valence-electron chi connectivity index (χ4n) is 2.75. The van der Waals surface area contributed by atoms with E-state index in [4.69, 9.17) is 4.74 Å². The molecule has 1 aliphatic rings. The fourth-order valence-corrected chi connectivity index (χ4v) is 2.75. The van der Waals surface area contributed by atoms with Crippen molar-refractivity contribution in [2.75, 3.05) is 13.7 Å². The highest BCUT2D eigenvalue weighted by atomic mass is 16.5. The Morgan fingerprint density at radius 1 is 1.36 bits per heavy atom. The van der Waals surface area contributed by atoms with Gasteiger partial charge in [0.05, 0.1) is 25.0 Å². The number of hydrogen-bond donors (Lipinski definition) is 0. The van der Waals surface area contributed by atoms with Crippen molar-refractivity contribution in [1.82, 2.24) is 14.9 Å². The first kappa shape index (κ1) is 14.5. The lowest BCUT2D eigenvalue weighted by Crippen LogP contribution is -2.34. The average molecular weight is 297 g/mol. The van der Waals surface area contributed by atoms with Crippen molar-refractivity contribution >= 4 is 5.91 Å². The normalized spacial score (nSPS) is 17.0. The molecular formula is C17H19N3O2. The molecule has 0 saturated carbocycles. The predicted octanol–water partition coefficient (Wildman–Crippen LogP) is 2.08. The standard InChI is InChI=1S/C17H19N3O2/c1-20(12-15-11-18-7-8-19-15)17(21)14-6-9-22-16-5-3-2-4-13(16)10-14/h2-5,7-8,11,14H,6,9-10,12H2,1H3/t14-/m1/s1. The molecule has 114 valence electrons. The van der Waals surface area contributed by atoms with Crippen molar-refractivity contribution in [3.8, 4) is 5.75 Å². The van der Waals surface area contributed by atoms with Crippen LogP contribution in [0.2, 0.25) is 0 Å². The Morgan fingerprint density at radius 3 is 3.05 bits per heavy atom. The van der Waals surface area contributed by atoms with E-state index in [0.717, 1.165) is 29.8 Å². The molecule has 0 fully saturated rings. The van der Waals surface area contributed by atoms with Gasteiger partial charge in [-0.15, -0.1) is 0 Å². The minimum Gasteiger partial charge on any atom is -0.493 e. The number of fused-ring (bicyclic) bond motifs is 1. The van der Waals surface area contributed by atoms with E-state index in [1.807, 2.05) is 31.3 Å². The number of para-hydroxylation sites is 1. The summed E-state index contributed by atoms with van der Waals surface area (Å²) in [6.45, 7) is 1.05. The van der Waals surface area contributed by atoms with E-state index >= 15 is 0 Å². The maximum atomic E-state index is 12.7. The Bertz CT molecular complexity index is 645. The van der Waals surface area contributed by atoms with Gasteiger partial charge in [-0.3, -0.25) is 14.8 Å². The Hall–Kier alpha value is -2.43. The monoisotopic (exact) mass is 297 g/mol. The first-order valence-electron chi connectivity index (χ1n) is 7.44. The Morgan fingerprint density at radius 2 is 2.23 bits per heavy atom. The largest absolute Gasteiger partial charge is 0.493 e. The highest BCUT2D eigenvalue weighted by molar-refractivity contribution is 5.79. The Balaban J connectivity index is 1.69. The molecule has 0 aliphatic carbocycles. The van der Waals surface area contributed by atoms with E-state index < -0.39 is 0 Å². The zero-order valence-corrected chi connectivity index (χ0v) is 12.6. The molecule has 1 atom stereocenters. The smallest absolute Gasteiger partial charge is 0.226 e. The third-order valence-corrected chi connectivity index (χ3v) is 3.90. The zero-order chi connectivity index (χ0) is 15.4. The summed E-state index contributed by atoms with van der Waals surface area (Å²) < 4.78 is 5.73. The molecule has 0 bridgehead atoms. The quantitative estimate of drug-likeness (QED) is 0.870. The summed E-state index contributed by atoms with van der Waals surface area (Å²) in [5, 5.41) is 0. The Labute approximate surface area is 130 Å². The second-order valence-electron chi connectivity index (χ2n) is 5.54. The molecule has 22 heavy (non-hydrogen) atoms. The molecule has 1 aromatic carbocycles. The predicted molar refractivity (Wildman–Crippen MR) is 82.3 cm³/mol. The summed E-state index contributed by atoms with van der Waals surface area (Å²) in [6, 6.07) is 7.94. The van der Waals surface area contributed by atoms with Crippen LogP contribution in [0.15, 0.2) is 42.9 Å². The minimum atomic E-state index is -0.0506. The summed E-state index contributed by atoms with van der Waals surface area (Å²) >= 11 is 0. The molecule has 5 nitrogen and oxygen atoms in total. The van der Waals surface area contributed by atoms with Crippen molar-refractivity contribution in [3.63, 3.8) is 0 Å². The highest BCUT2D eigenvalue weighted by Gasteiger charge is 2.26. The van der Waals surface area contributed by atoms with Crippen molar-refractivity contribution < 1.29 is 9.53 Å². The van der Waals surface area contributed by atoms with Gasteiger partial charge >= 0.3 is 0 Å². The van der Waals surface area contributed by atoms with Gasteiger partial charge in [0, 0.05) is 25.4 Å². The van der Waals surface area contributed by atoms with E-state index in [-0.39, 0.29) is 11.8 Å². The van der Waals surface area contributed by atoms with Crippen LogP contribution in [0.3, 0.4) is 0 Å². The number of nitrogens with zero attached hydrogens (tertiary/aromatic N) is 3. The number of ether oxygens (including phenoxy) is 1. The molecule has 2 heterocycles. The molecule has 0 unspecified atom stereocenters. The maximum absolute atomic E-state index is 12.7. The molecule has 0 N–H and O–H groups in total. The number of aromatic nitrogens is 2. The van der Waals surface area contributed by atoms with E-state index in [0.29, 0.717) is 13.2 Å². The summed E-state index contributed by atoms with van der Waals surface area (Å²) in [5.74, 6) is 0.977. The zero-order valence-electron chi connectivity index (χ0n) is 12.6. The summed E-state index contributed by atoms with van der Waals surface area (Å²) in [5.41, 5.74) is 1.90. The molecule has 3 rings (SSSR count). The van der Waals surface area contributed by atoms with E-state index in [1.165, 1.54) is 0 Å². The van der Waals surface area contributed by atoms with Crippen LogP contribution >= 0.6 is 0 Å². The first-order valence-corrected chi connectivity index (χ1v) is 7.44. The number of amides is 1. The third kappa shape index (κ3) is 3.24. The topological polar surface area (TPSA) is 55.3 Å². The lowest BCUT2D eigenvalue weighted by atomic mass is 9.95. The van der Waals surface area contributed by atoms with Gasteiger partial charge in [-0.25, -0.2) is 0 Å². The van der Waals surface area contributed by atoms with E-state index in [1.54, 1.807) is 23.5 Å². The van der Waals surface area contributed by atoms with Crippen LogP contribution in [0.5, 0.6) is 5.75 Å². The van der Waals surface area contributed by atoms with Crippen LogP contribution in [-0.2, 0) is 17.8 Å². The van der Waals surface area contributed by atoms with Crippen molar-refractivity contribution in [1.29, 1.82) is 0 Å². The van der Waals surface area contributed by atoms with E-state index in [9.17, 15) is 4.79 Å². The maximum Gasteiger partial charge on any atom is 0.226 e. The number of benzene rings is 1. The molecule has 1 aromatic heterocycles. The van der Waals surface area contributed by atoms with Crippen LogP contribution in [0.4, 0.5) is 0 Å². The Kier molecular flexibility index (Phi) is 4.32. The van der Waals surface area contributed by atoms with Crippen LogP contribution in [-0.4, -0.2) is 34.4 Å². The number of rotatable bonds is 3. The lowest BCUT2D eigenvalue weighted by molar-refractivity contribution is -0.135. The van der Waals surface area contributed by atoms with Crippen molar-refractivity contribution in [2.24, 2.45) is 5.92 Å². The first-order chi connectivity index (χ1) is 10.7. The van der Waals surface area contributed by atoms with Crippen molar-refractivity contribution in [3.05, 3.63) is 54.1 Å². The minimum absolute atomic E-state index is 0.0506. The van der Waals surface area contributed by atoms with Gasteiger partial charge in [0.2, 0.25) is 5.91 Å². The molecule has 0 radical (unpaired) electrons. The molecule has 0 saturated heterocycles. The van der Waals surface area contributed by atoms with E-state index in [2.05, 4.69) is 9.97 Å². The second kappa shape index (κ2) is 6.56. The van der Waals surface area contributed by atoms with Gasteiger partial charge in [0.1, 0.15) is 5.75 Å². The molecular weight excluding hydrogens is 278 g/mol. The number of carbonyl (C=O) groups is 1. The van der Waals surface area contributed by atoms with Crippen molar-refractivity contribution in [2.45, 2.75) is 19.4 Å². The van der Waals surface area contributed by atoms with Gasteiger partial charge in [-0.1, -0.05) is 18.2 Å². The van der Waals surface area contributed by atoms with Crippen LogP contribution < -0.4 is 4.74 Å². The van der Waals surface area contributed by atoms with Gasteiger partial charge in [0.15, 0.2) is 0 Å². The molecule has 2 aromatic rings. The fraction of sp³-hybridized carbons (Fsp3) is 0.353. The molecule has 0 spiro atoms. The average Bonchev–Trinajstić information content (AvgIpc) is 2.77. The van der Waals surface area contributed by atoms with Gasteiger partial charge in [-0.2, -0.15) is 0 Å². The lowest BCUT2D eigenvalue weighted by Gasteiger charge is -2.22. The molecule has 1 aliphatic heterocycles. The number of carbonyl (C=O) groups excluding carboxylic acids is 1. The van der Waals surface area contributed by atoms with Crippen LogP contribution in [0, 0.1) is 5.92 Å². The molecule has 5 heteroatoms. The summed E-state index contributed by atoms with van der Waals surface area (Å²) in [4.78, 5) is 22.7. The summed E-state index contributed by atoms with van der Waals surface area (Å²) in [7, 11) is 1.81. The summed E-state index contributed by atoms with van der Waals surface area (Å²) in [6.07, 6.45) is 6.42. The SMILES string of the molecule is CN(Cc1cnccn1)C(=O)[C@@H]1CCOc2ccccc2C1. The highest BCUT2D eigenvalue weighted by Crippen LogP contribution is 2.27. The third-order valence-electron chi connectivity index (χ3n) is 3.90. The van der Waals surface area contributed by atoms with Gasteiger partial charge < -0.3 is 9.64 Å². The van der Waals surface area contributed by atoms with Crippen LogP contribution in [0.25, 0.3) is 0 Å².